The molecule has 5 heteroatoms. The van der Waals surface area contributed by atoms with Crippen LogP contribution in [0, 0.1) is 33.8 Å². The summed E-state index contributed by atoms with van der Waals surface area (Å²) in [5.74, 6) is 2.86. The molecule has 1 aromatic carbocycles. The standard InChI is InChI=1S/C18H26N2O3/c1-12-6-14-8-13(2)18(11-19,16(7-12)9-14)15-4-3-5-17(10-15)23-20(21)22/h3-5,10,12-14,16H,6-9,11,19H2,1-2H3. The van der Waals surface area contributed by atoms with Gasteiger partial charge in [-0.2, -0.15) is 0 Å². The van der Waals surface area contributed by atoms with E-state index in [-0.39, 0.29) is 5.41 Å². The normalized spacial score (nSPS) is 36.5. The summed E-state index contributed by atoms with van der Waals surface area (Å²) in [4.78, 5) is 15.3. The molecule has 2 aliphatic rings. The molecule has 0 aromatic heterocycles. The second-order valence-electron chi connectivity index (χ2n) is 7.60. The molecule has 1 aromatic rings. The molecule has 0 amide bonds. The Balaban J connectivity index is 2.00. The van der Waals surface area contributed by atoms with Crippen LogP contribution in [0.3, 0.4) is 0 Å². The number of fused-ring (bicyclic) bond motifs is 2. The van der Waals surface area contributed by atoms with Gasteiger partial charge in [0, 0.05) is 12.0 Å². The van der Waals surface area contributed by atoms with Gasteiger partial charge in [0.15, 0.2) is 0 Å². The summed E-state index contributed by atoms with van der Waals surface area (Å²) < 4.78 is 0. The first-order valence-corrected chi connectivity index (χ1v) is 8.58. The van der Waals surface area contributed by atoms with Crippen molar-refractivity contribution >= 4 is 0 Å². The van der Waals surface area contributed by atoms with Crippen molar-refractivity contribution in [2.45, 2.75) is 44.9 Å². The van der Waals surface area contributed by atoms with E-state index < -0.39 is 5.09 Å². The molecule has 2 N–H and O–H groups in total. The summed E-state index contributed by atoms with van der Waals surface area (Å²) in [6, 6.07) is 7.37. The number of hydrogen-bond donors (Lipinski definition) is 1. The van der Waals surface area contributed by atoms with Crippen molar-refractivity contribution < 1.29 is 9.92 Å². The fourth-order valence-corrected chi connectivity index (χ4v) is 5.41. The molecular formula is C18H26N2O3. The monoisotopic (exact) mass is 318 g/mol. The third kappa shape index (κ3) is 2.82. The van der Waals surface area contributed by atoms with Crippen molar-refractivity contribution in [1.82, 2.24) is 0 Å². The molecule has 2 fully saturated rings. The molecule has 2 bridgehead atoms. The zero-order valence-corrected chi connectivity index (χ0v) is 13.9. The second-order valence-corrected chi connectivity index (χ2v) is 7.60. The minimum atomic E-state index is -0.753. The average Bonchev–Trinajstić information content (AvgIpc) is 2.47. The lowest BCUT2D eigenvalue weighted by Gasteiger charge is -2.55. The van der Waals surface area contributed by atoms with Gasteiger partial charge in [0.1, 0.15) is 5.75 Å². The minimum absolute atomic E-state index is 0.0961. The molecule has 0 radical (unpaired) electrons. The molecule has 0 saturated heterocycles. The van der Waals surface area contributed by atoms with Gasteiger partial charge in [-0.3, -0.25) is 4.84 Å². The third-order valence-corrected chi connectivity index (χ3v) is 6.22. The van der Waals surface area contributed by atoms with Crippen molar-refractivity contribution in [1.29, 1.82) is 0 Å². The highest BCUT2D eigenvalue weighted by Gasteiger charge is 2.50. The fourth-order valence-electron chi connectivity index (χ4n) is 5.41. The van der Waals surface area contributed by atoms with Crippen LogP contribution in [0.1, 0.15) is 45.1 Å². The van der Waals surface area contributed by atoms with Gasteiger partial charge in [-0.25, -0.2) is 0 Å². The highest BCUT2D eigenvalue weighted by atomic mass is 17.0. The first-order chi connectivity index (χ1) is 11.0. The Labute approximate surface area is 137 Å². The Hall–Kier alpha value is -1.62. The van der Waals surface area contributed by atoms with Gasteiger partial charge < -0.3 is 5.73 Å². The van der Waals surface area contributed by atoms with Crippen molar-refractivity contribution in [3.05, 3.63) is 39.9 Å². The predicted molar refractivity (Wildman–Crippen MR) is 88.6 cm³/mol. The van der Waals surface area contributed by atoms with Gasteiger partial charge in [0.25, 0.3) is 5.09 Å². The molecule has 3 rings (SSSR count). The van der Waals surface area contributed by atoms with Crippen LogP contribution in [-0.2, 0) is 5.41 Å². The highest BCUT2D eigenvalue weighted by molar-refractivity contribution is 5.36. The van der Waals surface area contributed by atoms with E-state index in [0.717, 1.165) is 17.4 Å². The zero-order valence-electron chi connectivity index (χ0n) is 13.9. The van der Waals surface area contributed by atoms with E-state index in [4.69, 9.17) is 5.73 Å². The summed E-state index contributed by atoms with van der Waals surface area (Å²) in [5.41, 5.74) is 7.32. The van der Waals surface area contributed by atoms with Gasteiger partial charge in [0.2, 0.25) is 0 Å². The molecule has 5 unspecified atom stereocenters. The SMILES string of the molecule is CC1CC2CC(C)C(CN)(c3cccc(O[N+](=O)[O-])c3)C(C1)C2. The van der Waals surface area contributed by atoms with Crippen LogP contribution in [0.2, 0.25) is 0 Å². The topological polar surface area (TPSA) is 78.4 Å². The molecule has 0 heterocycles. The van der Waals surface area contributed by atoms with E-state index in [9.17, 15) is 10.1 Å². The Morgan fingerprint density at radius 3 is 2.78 bits per heavy atom. The lowest BCUT2D eigenvalue weighted by Crippen LogP contribution is -2.53. The smallest absolute Gasteiger partial charge is 0.299 e. The maximum atomic E-state index is 10.6. The maximum absolute atomic E-state index is 10.6. The number of hydrogen-bond acceptors (Lipinski definition) is 4. The van der Waals surface area contributed by atoms with Crippen LogP contribution in [0.5, 0.6) is 5.75 Å². The minimum Gasteiger partial charge on any atom is -0.330 e. The molecule has 0 spiro atoms. The van der Waals surface area contributed by atoms with Crippen molar-refractivity contribution in [2.75, 3.05) is 6.54 Å². The molecule has 126 valence electrons. The maximum Gasteiger partial charge on any atom is 0.299 e. The van der Waals surface area contributed by atoms with E-state index in [1.165, 1.54) is 25.7 Å². The molecule has 5 atom stereocenters. The van der Waals surface area contributed by atoms with E-state index >= 15 is 0 Å². The first kappa shape index (κ1) is 16.2. The lowest BCUT2D eigenvalue weighted by atomic mass is 9.50. The van der Waals surface area contributed by atoms with Gasteiger partial charge in [0.05, 0.1) is 0 Å². The highest BCUT2D eigenvalue weighted by Crippen LogP contribution is 2.55. The molecular weight excluding hydrogens is 292 g/mol. The summed E-state index contributed by atoms with van der Waals surface area (Å²) >= 11 is 0. The van der Waals surface area contributed by atoms with Gasteiger partial charge in [-0.15, -0.1) is 10.1 Å². The van der Waals surface area contributed by atoms with Gasteiger partial charge in [-0.05, 0) is 67.1 Å². The average molecular weight is 318 g/mol. The molecule has 0 aliphatic heterocycles. The Morgan fingerprint density at radius 2 is 2.09 bits per heavy atom. The van der Waals surface area contributed by atoms with E-state index in [1.807, 2.05) is 12.1 Å². The first-order valence-electron chi connectivity index (χ1n) is 8.58. The van der Waals surface area contributed by atoms with Gasteiger partial charge in [-0.1, -0.05) is 26.0 Å². The van der Waals surface area contributed by atoms with Crippen LogP contribution in [0.4, 0.5) is 0 Å². The number of benzene rings is 1. The van der Waals surface area contributed by atoms with E-state index in [1.54, 1.807) is 6.07 Å². The molecule has 5 nitrogen and oxygen atoms in total. The summed E-state index contributed by atoms with van der Waals surface area (Å²) in [6.07, 6.45) is 4.94. The Morgan fingerprint density at radius 1 is 1.30 bits per heavy atom. The van der Waals surface area contributed by atoms with Crippen molar-refractivity contribution in [3.63, 3.8) is 0 Å². The van der Waals surface area contributed by atoms with Gasteiger partial charge >= 0.3 is 0 Å². The fraction of sp³-hybridized carbons (Fsp3) is 0.667. The van der Waals surface area contributed by atoms with Crippen molar-refractivity contribution in [3.8, 4) is 5.75 Å². The summed E-state index contributed by atoms with van der Waals surface area (Å²) in [5, 5.41) is 9.89. The van der Waals surface area contributed by atoms with Crippen molar-refractivity contribution in [2.24, 2.45) is 29.4 Å². The van der Waals surface area contributed by atoms with E-state index in [2.05, 4.69) is 24.8 Å². The van der Waals surface area contributed by atoms with Crippen LogP contribution in [0.25, 0.3) is 0 Å². The number of nitrogens with zero attached hydrogens (tertiary/aromatic N) is 1. The largest absolute Gasteiger partial charge is 0.330 e. The lowest BCUT2D eigenvalue weighted by molar-refractivity contribution is -0.711. The summed E-state index contributed by atoms with van der Waals surface area (Å²) in [6.45, 7) is 5.21. The summed E-state index contributed by atoms with van der Waals surface area (Å²) in [7, 11) is 0. The van der Waals surface area contributed by atoms with Crippen LogP contribution in [0.15, 0.2) is 24.3 Å². The third-order valence-electron chi connectivity index (χ3n) is 6.22. The Kier molecular flexibility index (Phi) is 4.32. The Bertz CT molecular complexity index is 587. The van der Waals surface area contributed by atoms with Crippen LogP contribution in [-0.4, -0.2) is 11.6 Å². The molecule has 23 heavy (non-hydrogen) atoms. The zero-order chi connectivity index (χ0) is 16.6. The molecule has 2 saturated carbocycles. The van der Waals surface area contributed by atoms with Crippen LogP contribution >= 0.6 is 0 Å². The second kappa shape index (κ2) is 6.11. The number of rotatable bonds is 4. The molecule has 2 aliphatic carbocycles. The van der Waals surface area contributed by atoms with Crippen LogP contribution < -0.4 is 10.6 Å². The number of nitrogens with two attached hydrogens (primary N) is 1. The quantitative estimate of drug-likeness (QED) is 0.680. The predicted octanol–water partition coefficient (Wildman–Crippen LogP) is 3.55. The van der Waals surface area contributed by atoms with E-state index in [0.29, 0.717) is 24.1 Å².